The number of aromatic nitrogens is 1. The second kappa shape index (κ2) is 5.84. The number of pyridine rings is 1. The molecule has 0 amide bonds. The van der Waals surface area contributed by atoms with Crippen molar-refractivity contribution in [3.63, 3.8) is 0 Å². The number of rotatable bonds is 2. The van der Waals surface area contributed by atoms with E-state index in [2.05, 4.69) is 9.88 Å². The van der Waals surface area contributed by atoms with Crippen LogP contribution in [0, 0.1) is 0 Å². The number of benzene rings is 2. The first-order valence-corrected chi connectivity index (χ1v) is 8.18. The predicted molar refractivity (Wildman–Crippen MR) is 93.8 cm³/mol. The third kappa shape index (κ3) is 2.78. The van der Waals surface area contributed by atoms with Crippen molar-refractivity contribution in [3.8, 4) is 0 Å². The molecule has 0 fully saturated rings. The first-order valence-electron chi connectivity index (χ1n) is 7.80. The van der Waals surface area contributed by atoms with Crippen LogP contribution in [0.25, 0.3) is 10.9 Å². The Hall–Kier alpha value is -2.10. The van der Waals surface area contributed by atoms with Gasteiger partial charge in [0.05, 0.1) is 0 Å². The van der Waals surface area contributed by atoms with E-state index in [-0.39, 0.29) is 5.43 Å². The molecule has 0 atom stereocenters. The predicted octanol–water partition coefficient (Wildman–Crippen LogP) is 3.74. The molecular weight excluding hydrogens is 308 g/mol. The molecule has 3 nitrogen and oxygen atoms in total. The summed E-state index contributed by atoms with van der Waals surface area (Å²) in [6.45, 7) is 2.48. The smallest absolute Gasteiger partial charge is 0.194 e. The quantitative estimate of drug-likeness (QED) is 0.779. The third-order valence-electron chi connectivity index (χ3n) is 4.47. The van der Waals surface area contributed by atoms with Crippen LogP contribution in [-0.4, -0.2) is 16.4 Å². The van der Waals surface area contributed by atoms with E-state index in [9.17, 15) is 4.79 Å². The van der Waals surface area contributed by atoms with E-state index in [0.29, 0.717) is 6.54 Å². The van der Waals surface area contributed by atoms with Crippen molar-refractivity contribution in [2.75, 3.05) is 6.54 Å². The zero-order chi connectivity index (χ0) is 15.8. The maximum atomic E-state index is 12.8. The fraction of sp³-hybridized carbons (Fsp3) is 0.211. The van der Waals surface area contributed by atoms with Gasteiger partial charge in [0.2, 0.25) is 0 Å². The monoisotopic (exact) mass is 324 g/mol. The minimum absolute atomic E-state index is 0.162. The molecule has 2 heterocycles. The number of nitrogens with one attached hydrogen (secondary N) is 1. The van der Waals surface area contributed by atoms with Crippen LogP contribution in [0.15, 0.2) is 53.3 Å². The summed E-state index contributed by atoms with van der Waals surface area (Å²) in [5, 5.41) is 1.53. The Morgan fingerprint density at radius 2 is 1.87 bits per heavy atom. The van der Waals surface area contributed by atoms with Crippen molar-refractivity contribution in [1.82, 2.24) is 9.88 Å². The molecule has 23 heavy (non-hydrogen) atoms. The minimum Gasteiger partial charge on any atom is -0.358 e. The highest BCUT2D eigenvalue weighted by Gasteiger charge is 2.20. The first kappa shape index (κ1) is 14.5. The summed E-state index contributed by atoms with van der Waals surface area (Å²) in [5.74, 6) is 0. The van der Waals surface area contributed by atoms with E-state index >= 15 is 0 Å². The van der Waals surface area contributed by atoms with Crippen LogP contribution in [-0.2, 0) is 19.5 Å². The van der Waals surface area contributed by atoms with Crippen LogP contribution in [0.1, 0.15) is 16.8 Å². The van der Waals surface area contributed by atoms with Crippen LogP contribution >= 0.6 is 11.6 Å². The summed E-state index contributed by atoms with van der Waals surface area (Å²) in [5.41, 5.74) is 4.30. The van der Waals surface area contributed by atoms with E-state index in [1.807, 2.05) is 48.5 Å². The number of para-hydroxylation sites is 1. The van der Waals surface area contributed by atoms with Gasteiger partial charge < -0.3 is 4.98 Å². The Labute approximate surface area is 139 Å². The summed E-state index contributed by atoms with van der Waals surface area (Å²) in [4.78, 5) is 18.5. The van der Waals surface area contributed by atoms with E-state index in [0.717, 1.165) is 46.7 Å². The standard InChI is InChI=1S/C19H17ClN2O/c20-14-7-5-13(6-8-14)11-22-10-9-18-16(12-22)19(23)15-3-1-2-4-17(15)21-18/h1-8H,9-12H2,(H,21,23). The van der Waals surface area contributed by atoms with Crippen molar-refractivity contribution < 1.29 is 0 Å². The van der Waals surface area contributed by atoms with E-state index < -0.39 is 0 Å². The van der Waals surface area contributed by atoms with Gasteiger partial charge in [0.15, 0.2) is 5.43 Å². The number of aromatic amines is 1. The summed E-state index contributed by atoms with van der Waals surface area (Å²) >= 11 is 5.94. The van der Waals surface area contributed by atoms with E-state index in [1.165, 1.54) is 5.56 Å². The second-order valence-corrected chi connectivity index (χ2v) is 6.48. The van der Waals surface area contributed by atoms with Crippen LogP contribution in [0.2, 0.25) is 5.02 Å². The molecule has 4 heteroatoms. The lowest BCUT2D eigenvalue weighted by Crippen LogP contribution is -2.34. The van der Waals surface area contributed by atoms with Crippen LogP contribution in [0.3, 0.4) is 0 Å². The lowest BCUT2D eigenvalue weighted by Gasteiger charge is -2.28. The molecule has 116 valence electrons. The van der Waals surface area contributed by atoms with Crippen molar-refractivity contribution in [1.29, 1.82) is 0 Å². The Morgan fingerprint density at radius 1 is 1.09 bits per heavy atom. The lowest BCUT2D eigenvalue weighted by atomic mass is 10.0. The number of hydrogen-bond donors (Lipinski definition) is 1. The van der Waals surface area contributed by atoms with E-state index in [1.54, 1.807) is 0 Å². The molecule has 3 aromatic rings. The van der Waals surface area contributed by atoms with Gasteiger partial charge in [-0.15, -0.1) is 0 Å². The van der Waals surface area contributed by atoms with Crippen molar-refractivity contribution >= 4 is 22.5 Å². The van der Waals surface area contributed by atoms with Gasteiger partial charge in [-0.2, -0.15) is 0 Å². The van der Waals surface area contributed by atoms with Gasteiger partial charge in [-0.25, -0.2) is 0 Å². The number of H-pyrrole nitrogens is 1. The highest BCUT2D eigenvalue weighted by Crippen LogP contribution is 2.20. The van der Waals surface area contributed by atoms with Gasteiger partial charge >= 0.3 is 0 Å². The summed E-state index contributed by atoms with van der Waals surface area (Å²) in [7, 11) is 0. The fourth-order valence-electron chi connectivity index (χ4n) is 3.26. The topological polar surface area (TPSA) is 36.1 Å². The number of nitrogens with zero attached hydrogens (tertiary/aromatic N) is 1. The summed E-state index contributed by atoms with van der Waals surface area (Å²) < 4.78 is 0. The van der Waals surface area contributed by atoms with Gasteiger partial charge in [-0.3, -0.25) is 9.69 Å². The molecule has 0 saturated carbocycles. The molecule has 1 aliphatic rings. The molecule has 0 radical (unpaired) electrons. The van der Waals surface area contributed by atoms with Gasteiger partial charge in [0.25, 0.3) is 0 Å². The van der Waals surface area contributed by atoms with Gasteiger partial charge in [-0.1, -0.05) is 35.9 Å². The van der Waals surface area contributed by atoms with Crippen LogP contribution < -0.4 is 5.43 Å². The molecule has 0 saturated heterocycles. The fourth-order valence-corrected chi connectivity index (χ4v) is 3.39. The number of halogens is 1. The Balaban J connectivity index is 1.65. The molecular formula is C19H17ClN2O. The van der Waals surface area contributed by atoms with Gasteiger partial charge in [0.1, 0.15) is 0 Å². The molecule has 0 unspecified atom stereocenters. The van der Waals surface area contributed by atoms with Crippen molar-refractivity contribution in [2.45, 2.75) is 19.5 Å². The zero-order valence-electron chi connectivity index (χ0n) is 12.7. The van der Waals surface area contributed by atoms with Gasteiger partial charge in [0, 0.05) is 53.2 Å². The molecule has 1 N–H and O–H groups in total. The summed E-state index contributed by atoms with van der Waals surface area (Å²) in [6, 6.07) is 15.7. The van der Waals surface area contributed by atoms with E-state index in [4.69, 9.17) is 11.6 Å². The third-order valence-corrected chi connectivity index (χ3v) is 4.73. The molecule has 2 aromatic carbocycles. The average Bonchev–Trinajstić information content (AvgIpc) is 2.58. The van der Waals surface area contributed by atoms with Crippen LogP contribution in [0.4, 0.5) is 0 Å². The number of fused-ring (bicyclic) bond motifs is 2. The highest BCUT2D eigenvalue weighted by molar-refractivity contribution is 6.30. The maximum absolute atomic E-state index is 12.8. The molecule has 1 aliphatic heterocycles. The Morgan fingerprint density at radius 3 is 2.70 bits per heavy atom. The SMILES string of the molecule is O=c1c2c([nH]c3ccccc13)CCN(Cc1ccc(Cl)cc1)C2. The normalized spacial score (nSPS) is 14.8. The zero-order valence-corrected chi connectivity index (χ0v) is 13.4. The average molecular weight is 325 g/mol. The highest BCUT2D eigenvalue weighted by atomic mass is 35.5. The second-order valence-electron chi connectivity index (χ2n) is 6.04. The molecule has 0 bridgehead atoms. The Kier molecular flexibility index (Phi) is 3.68. The Bertz CT molecular complexity index is 915. The largest absolute Gasteiger partial charge is 0.358 e. The van der Waals surface area contributed by atoms with Crippen LogP contribution in [0.5, 0.6) is 0 Å². The molecule has 0 spiro atoms. The first-order chi connectivity index (χ1) is 11.2. The molecule has 4 rings (SSSR count). The summed E-state index contributed by atoms with van der Waals surface area (Å²) in [6.07, 6.45) is 0.878. The van der Waals surface area contributed by atoms with Gasteiger partial charge in [-0.05, 0) is 29.8 Å². The molecule has 1 aromatic heterocycles. The molecule has 0 aliphatic carbocycles. The minimum atomic E-state index is 0.162. The maximum Gasteiger partial charge on any atom is 0.194 e. The lowest BCUT2D eigenvalue weighted by molar-refractivity contribution is 0.243. The van der Waals surface area contributed by atoms with Crippen molar-refractivity contribution in [2.24, 2.45) is 0 Å². The number of hydrogen-bond acceptors (Lipinski definition) is 2. The van der Waals surface area contributed by atoms with Crippen molar-refractivity contribution in [3.05, 3.63) is 80.6 Å².